The summed E-state index contributed by atoms with van der Waals surface area (Å²) in [5.41, 5.74) is 0. The first kappa shape index (κ1) is 27.6. The predicted octanol–water partition coefficient (Wildman–Crippen LogP) is 5.05. The predicted molar refractivity (Wildman–Crippen MR) is 120 cm³/mol. The van der Waals surface area contributed by atoms with Gasteiger partial charge in [-0.2, -0.15) is 8.78 Å². The van der Waals surface area contributed by atoms with Crippen molar-refractivity contribution in [2.75, 3.05) is 6.61 Å². The van der Waals surface area contributed by atoms with Crippen molar-refractivity contribution in [3.8, 4) is 0 Å². The van der Waals surface area contributed by atoms with Crippen LogP contribution in [0.2, 0.25) is 0 Å². The minimum atomic E-state index is -3.26. The van der Waals surface area contributed by atoms with Crippen LogP contribution in [0.5, 0.6) is 0 Å². The van der Waals surface area contributed by atoms with Gasteiger partial charge in [-0.1, -0.05) is 38.0 Å². The maximum atomic E-state index is 15.1. The van der Waals surface area contributed by atoms with Gasteiger partial charge in [0, 0.05) is 31.3 Å². The minimum Gasteiger partial charge on any atom is -0.481 e. The van der Waals surface area contributed by atoms with Crippen LogP contribution >= 0.6 is 0 Å². The number of rotatable bonds is 14. The summed E-state index contributed by atoms with van der Waals surface area (Å²) in [5.74, 6) is -5.63. The number of Topliss-reactive ketones (excluding diaryl/α,β-unsaturated/α-hetero) is 1. The van der Waals surface area contributed by atoms with Gasteiger partial charge in [0.05, 0.1) is 6.10 Å². The molecule has 1 heterocycles. The van der Waals surface area contributed by atoms with Crippen LogP contribution in [-0.2, 0) is 19.1 Å². The maximum Gasteiger partial charge on any atom is 0.303 e. The van der Waals surface area contributed by atoms with Crippen molar-refractivity contribution in [1.82, 2.24) is 0 Å². The molecule has 6 nitrogen and oxygen atoms in total. The summed E-state index contributed by atoms with van der Waals surface area (Å²) in [7, 11) is 0. The molecule has 1 saturated heterocycles. The molecule has 0 amide bonds. The molecular weight excluding hydrogens is 434 g/mol. The first-order chi connectivity index (χ1) is 15.7. The minimum absolute atomic E-state index is 0.0518. The number of carbonyl (C=O) groups excluding carboxylic acids is 1. The standard InChI is InChI=1S/C25H38F2O6/c1-2-3-11-22(33-24-13-8-9-16-32-24)25(26,27)15-14-19-18(20(28)17-21(19)29)10-6-4-5-7-12-23(30)31/h4,6,14-15,18-20,22,24,28H,2-3,5,7-13,16-17H2,1H3,(H,30,31)/b6-4-,15-14+/t18-,19-,20+,22?,24?/m1/s1. The first-order valence-electron chi connectivity index (χ1n) is 12.2. The fraction of sp³-hybridized carbons (Fsp3) is 0.760. The van der Waals surface area contributed by atoms with Gasteiger partial charge in [0.25, 0.3) is 5.92 Å². The average Bonchev–Trinajstić information content (AvgIpc) is 3.04. The molecule has 0 aromatic carbocycles. The van der Waals surface area contributed by atoms with E-state index in [2.05, 4.69) is 0 Å². The number of halogens is 2. The second-order valence-electron chi connectivity index (χ2n) is 9.02. The molecule has 2 unspecified atom stereocenters. The van der Waals surface area contributed by atoms with Gasteiger partial charge >= 0.3 is 5.97 Å². The van der Waals surface area contributed by atoms with Gasteiger partial charge in [0.2, 0.25) is 0 Å². The monoisotopic (exact) mass is 472 g/mol. The third-order valence-corrected chi connectivity index (χ3v) is 6.30. The number of unbranched alkanes of at least 4 members (excludes halogenated alkanes) is 2. The summed E-state index contributed by atoms with van der Waals surface area (Å²) in [4.78, 5) is 22.9. The molecule has 33 heavy (non-hydrogen) atoms. The third kappa shape index (κ3) is 9.26. The first-order valence-corrected chi connectivity index (χ1v) is 12.2. The Bertz CT molecular complexity index is 672. The van der Waals surface area contributed by atoms with Gasteiger partial charge < -0.3 is 19.7 Å². The highest BCUT2D eigenvalue weighted by Gasteiger charge is 2.43. The highest BCUT2D eigenvalue weighted by molar-refractivity contribution is 5.86. The van der Waals surface area contributed by atoms with Crippen molar-refractivity contribution >= 4 is 11.8 Å². The molecule has 0 spiro atoms. The van der Waals surface area contributed by atoms with Crippen molar-refractivity contribution in [2.24, 2.45) is 11.8 Å². The number of alkyl halides is 2. The smallest absolute Gasteiger partial charge is 0.303 e. The number of ketones is 1. The van der Waals surface area contributed by atoms with E-state index in [1.165, 1.54) is 6.08 Å². The largest absolute Gasteiger partial charge is 0.481 e. The Hall–Kier alpha value is -1.64. The van der Waals surface area contributed by atoms with Gasteiger partial charge in [0.15, 0.2) is 6.29 Å². The van der Waals surface area contributed by atoms with Crippen LogP contribution in [0.4, 0.5) is 8.78 Å². The quantitative estimate of drug-likeness (QED) is 0.272. The Morgan fingerprint density at radius 1 is 1.30 bits per heavy atom. The van der Waals surface area contributed by atoms with Crippen LogP contribution in [-0.4, -0.2) is 53.0 Å². The molecule has 0 aromatic rings. The van der Waals surface area contributed by atoms with Crippen molar-refractivity contribution in [3.05, 3.63) is 24.3 Å². The Morgan fingerprint density at radius 2 is 2.09 bits per heavy atom. The summed E-state index contributed by atoms with van der Waals surface area (Å²) < 4.78 is 41.4. The number of aliphatic hydroxyl groups is 1. The van der Waals surface area contributed by atoms with E-state index in [0.29, 0.717) is 38.7 Å². The van der Waals surface area contributed by atoms with E-state index in [9.17, 15) is 14.7 Å². The average molecular weight is 473 g/mol. The molecule has 1 saturated carbocycles. The molecule has 0 radical (unpaired) electrons. The molecule has 188 valence electrons. The van der Waals surface area contributed by atoms with E-state index in [0.717, 1.165) is 25.3 Å². The lowest BCUT2D eigenvalue weighted by Crippen LogP contribution is -2.39. The van der Waals surface area contributed by atoms with Crippen molar-refractivity contribution < 1.29 is 38.1 Å². The summed E-state index contributed by atoms with van der Waals surface area (Å²) in [5, 5.41) is 18.9. The number of aliphatic carboxylic acids is 1. The number of carbonyl (C=O) groups is 2. The van der Waals surface area contributed by atoms with Crippen LogP contribution in [0.15, 0.2) is 24.3 Å². The Kier molecular flexibility index (Phi) is 11.6. The molecule has 2 aliphatic rings. The number of hydrogen-bond acceptors (Lipinski definition) is 5. The van der Waals surface area contributed by atoms with Crippen LogP contribution in [0.1, 0.15) is 77.6 Å². The highest BCUT2D eigenvalue weighted by atomic mass is 19.3. The molecule has 8 heteroatoms. The molecule has 2 N–H and O–H groups in total. The normalized spacial score (nSPS) is 27.6. The lowest BCUT2D eigenvalue weighted by atomic mass is 9.89. The zero-order valence-corrected chi connectivity index (χ0v) is 19.5. The molecule has 5 atom stereocenters. The number of hydrogen-bond donors (Lipinski definition) is 2. The molecule has 0 bridgehead atoms. The van der Waals surface area contributed by atoms with E-state index in [1.807, 2.05) is 13.0 Å². The lowest BCUT2D eigenvalue weighted by Gasteiger charge is -2.31. The number of aliphatic hydroxyl groups excluding tert-OH is 1. The van der Waals surface area contributed by atoms with E-state index >= 15 is 8.78 Å². The van der Waals surface area contributed by atoms with Gasteiger partial charge in [-0.15, -0.1) is 0 Å². The van der Waals surface area contributed by atoms with E-state index < -0.39 is 42.2 Å². The molecule has 2 rings (SSSR count). The second-order valence-corrected chi connectivity index (χ2v) is 9.02. The fourth-order valence-corrected chi connectivity index (χ4v) is 4.35. The molecule has 2 fully saturated rings. The zero-order valence-electron chi connectivity index (χ0n) is 19.5. The van der Waals surface area contributed by atoms with Crippen molar-refractivity contribution in [3.63, 3.8) is 0 Å². The van der Waals surface area contributed by atoms with E-state index in [4.69, 9.17) is 14.6 Å². The summed E-state index contributed by atoms with van der Waals surface area (Å²) >= 11 is 0. The lowest BCUT2D eigenvalue weighted by molar-refractivity contribution is -0.229. The van der Waals surface area contributed by atoms with Crippen LogP contribution in [0, 0.1) is 11.8 Å². The van der Waals surface area contributed by atoms with E-state index in [1.54, 1.807) is 6.08 Å². The molecule has 1 aliphatic carbocycles. The van der Waals surface area contributed by atoms with E-state index in [-0.39, 0.29) is 25.0 Å². The van der Waals surface area contributed by atoms with Crippen molar-refractivity contribution in [1.29, 1.82) is 0 Å². The van der Waals surface area contributed by atoms with Gasteiger partial charge in [-0.25, -0.2) is 0 Å². The van der Waals surface area contributed by atoms with Crippen LogP contribution in [0.25, 0.3) is 0 Å². The maximum absolute atomic E-state index is 15.1. The van der Waals surface area contributed by atoms with Gasteiger partial charge in [0.1, 0.15) is 11.9 Å². The fourth-order valence-electron chi connectivity index (χ4n) is 4.35. The summed E-state index contributed by atoms with van der Waals surface area (Å²) in [6.45, 7) is 2.44. The number of carboxylic acid groups (broad SMARTS) is 1. The molecular formula is C25H38F2O6. The Morgan fingerprint density at radius 3 is 2.76 bits per heavy atom. The summed E-state index contributed by atoms with van der Waals surface area (Å²) in [6.07, 6.45) is 8.16. The molecule has 0 aromatic heterocycles. The zero-order chi connectivity index (χ0) is 24.3. The van der Waals surface area contributed by atoms with Crippen molar-refractivity contribution in [2.45, 2.75) is 102 Å². The number of ether oxygens (including phenoxy) is 2. The number of allylic oxidation sites excluding steroid dienone is 3. The highest BCUT2D eigenvalue weighted by Crippen LogP contribution is 2.36. The Balaban J connectivity index is 2.01. The number of carboxylic acids is 1. The van der Waals surface area contributed by atoms with Gasteiger partial charge in [-0.3, -0.25) is 9.59 Å². The molecule has 1 aliphatic heterocycles. The Labute approximate surface area is 195 Å². The SMILES string of the molecule is CCCCC(OC1CCCCO1)C(F)(F)/C=C/[C@H]1C(=O)C[C@H](O)[C@@H]1C/C=C\CCCC(=O)O. The second kappa shape index (κ2) is 13.9. The van der Waals surface area contributed by atoms with Gasteiger partial charge in [-0.05, 0) is 51.0 Å². The van der Waals surface area contributed by atoms with Crippen LogP contribution in [0.3, 0.4) is 0 Å². The summed E-state index contributed by atoms with van der Waals surface area (Å²) in [6, 6.07) is 0. The third-order valence-electron chi connectivity index (χ3n) is 6.30. The van der Waals surface area contributed by atoms with Crippen LogP contribution < -0.4 is 0 Å². The topological polar surface area (TPSA) is 93.1 Å².